The number of oxazole rings is 1. The van der Waals surface area contributed by atoms with Crippen molar-refractivity contribution in [3.8, 4) is 17.1 Å². The number of aromatic amines is 1. The van der Waals surface area contributed by atoms with Gasteiger partial charge in [-0.05, 0) is 12.1 Å². The Labute approximate surface area is 101 Å². The molecule has 3 N–H and O–H groups in total. The first-order valence-corrected chi connectivity index (χ1v) is 5.15. The van der Waals surface area contributed by atoms with Crippen LogP contribution in [0.25, 0.3) is 22.2 Å². The van der Waals surface area contributed by atoms with Crippen LogP contribution in [0.5, 0.6) is 5.75 Å². The molecule has 0 spiro atoms. The Morgan fingerprint density at radius 2 is 2.22 bits per heavy atom. The Hall–Kier alpha value is -2.76. The lowest BCUT2D eigenvalue weighted by molar-refractivity contribution is 0.0654. The number of rotatable bonds is 2. The predicted octanol–water partition coefficient (Wildman–Crippen LogP) is 2.23. The summed E-state index contributed by atoms with van der Waals surface area (Å²) in [7, 11) is 0. The molecule has 3 aromatic rings. The Balaban J connectivity index is 2.22. The van der Waals surface area contributed by atoms with Gasteiger partial charge in [0.1, 0.15) is 5.75 Å². The molecule has 0 bridgehead atoms. The fourth-order valence-electron chi connectivity index (χ4n) is 1.86. The number of carbonyl (C=O) groups is 1. The minimum atomic E-state index is -1.23. The van der Waals surface area contributed by atoms with Crippen molar-refractivity contribution in [2.45, 2.75) is 0 Å². The summed E-state index contributed by atoms with van der Waals surface area (Å²) in [5.41, 5.74) is 1.31. The van der Waals surface area contributed by atoms with Gasteiger partial charge in [-0.15, -0.1) is 0 Å². The molecule has 0 unspecified atom stereocenters. The van der Waals surface area contributed by atoms with Crippen molar-refractivity contribution in [3.05, 3.63) is 36.5 Å². The lowest BCUT2D eigenvalue weighted by Crippen LogP contribution is -1.94. The zero-order valence-electron chi connectivity index (χ0n) is 9.04. The van der Waals surface area contributed by atoms with E-state index < -0.39 is 5.97 Å². The minimum Gasteiger partial charge on any atom is -0.507 e. The molecule has 0 aliphatic rings. The third-order valence-electron chi connectivity index (χ3n) is 2.64. The molecular weight excluding hydrogens is 236 g/mol. The van der Waals surface area contributed by atoms with Crippen molar-refractivity contribution < 1.29 is 19.4 Å². The topological polar surface area (TPSA) is 99.3 Å². The van der Waals surface area contributed by atoms with Crippen LogP contribution >= 0.6 is 0 Å². The maximum Gasteiger partial charge on any atom is 0.392 e. The van der Waals surface area contributed by atoms with Crippen molar-refractivity contribution in [2.24, 2.45) is 0 Å². The lowest BCUT2D eigenvalue weighted by atomic mass is 10.1. The number of fused-ring (bicyclic) bond motifs is 1. The van der Waals surface area contributed by atoms with Gasteiger partial charge in [-0.2, -0.15) is 0 Å². The second kappa shape index (κ2) is 3.63. The molecule has 6 heteroatoms. The monoisotopic (exact) mass is 244 g/mol. The van der Waals surface area contributed by atoms with E-state index >= 15 is 0 Å². The molecular formula is C12H8N2O4. The quantitative estimate of drug-likeness (QED) is 0.641. The van der Waals surface area contributed by atoms with Crippen LogP contribution < -0.4 is 0 Å². The van der Waals surface area contributed by atoms with E-state index in [-0.39, 0.29) is 11.6 Å². The number of benzene rings is 1. The zero-order chi connectivity index (χ0) is 12.7. The highest BCUT2D eigenvalue weighted by Crippen LogP contribution is 2.34. The number of H-pyrrole nitrogens is 1. The second-order valence-electron chi connectivity index (χ2n) is 3.74. The number of nitrogens with one attached hydrogen (secondary N) is 1. The van der Waals surface area contributed by atoms with Crippen molar-refractivity contribution in [3.63, 3.8) is 0 Å². The SMILES string of the molecule is O=C(O)c1ncc(-c2c[nH]c3cccc(O)c23)o1. The van der Waals surface area contributed by atoms with Crippen LogP contribution in [-0.2, 0) is 0 Å². The molecule has 3 rings (SSSR count). The molecule has 0 saturated carbocycles. The van der Waals surface area contributed by atoms with E-state index in [1.807, 2.05) is 0 Å². The van der Waals surface area contributed by atoms with Gasteiger partial charge >= 0.3 is 11.9 Å². The fourth-order valence-corrected chi connectivity index (χ4v) is 1.86. The molecule has 0 amide bonds. The number of carboxylic acid groups (broad SMARTS) is 1. The molecule has 1 aromatic carbocycles. The van der Waals surface area contributed by atoms with Gasteiger partial charge in [0.2, 0.25) is 0 Å². The van der Waals surface area contributed by atoms with Crippen LogP contribution in [0.1, 0.15) is 10.7 Å². The summed E-state index contributed by atoms with van der Waals surface area (Å²) < 4.78 is 5.11. The average Bonchev–Trinajstić information content (AvgIpc) is 2.94. The first-order chi connectivity index (χ1) is 8.66. The van der Waals surface area contributed by atoms with E-state index in [4.69, 9.17) is 9.52 Å². The predicted molar refractivity (Wildman–Crippen MR) is 62.4 cm³/mol. The first-order valence-electron chi connectivity index (χ1n) is 5.15. The number of hydrogen-bond acceptors (Lipinski definition) is 4. The van der Waals surface area contributed by atoms with Crippen LogP contribution in [-0.4, -0.2) is 26.2 Å². The molecule has 0 atom stereocenters. The number of nitrogens with zero attached hydrogens (tertiary/aromatic N) is 1. The number of aromatic hydroxyl groups is 1. The molecule has 2 heterocycles. The highest BCUT2D eigenvalue weighted by atomic mass is 16.4. The molecule has 18 heavy (non-hydrogen) atoms. The molecule has 0 radical (unpaired) electrons. The summed E-state index contributed by atoms with van der Waals surface area (Å²) in [6.45, 7) is 0. The summed E-state index contributed by atoms with van der Waals surface area (Å²) >= 11 is 0. The van der Waals surface area contributed by atoms with Gasteiger partial charge in [-0.1, -0.05) is 6.07 Å². The maximum atomic E-state index is 10.7. The summed E-state index contributed by atoms with van der Waals surface area (Å²) in [5.74, 6) is -1.22. The van der Waals surface area contributed by atoms with Crippen LogP contribution in [0.15, 0.2) is 35.0 Å². The normalized spacial score (nSPS) is 10.9. The van der Waals surface area contributed by atoms with Crippen LogP contribution in [0, 0.1) is 0 Å². The number of phenolic OH excluding ortho intramolecular Hbond substituents is 1. The number of aromatic carboxylic acids is 1. The molecule has 6 nitrogen and oxygen atoms in total. The van der Waals surface area contributed by atoms with Crippen LogP contribution in [0.2, 0.25) is 0 Å². The zero-order valence-corrected chi connectivity index (χ0v) is 9.04. The molecule has 0 aliphatic heterocycles. The lowest BCUT2D eigenvalue weighted by Gasteiger charge is -1.97. The number of aromatic nitrogens is 2. The molecule has 0 aliphatic carbocycles. The smallest absolute Gasteiger partial charge is 0.392 e. The van der Waals surface area contributed by atoms with E-state index in [0.29, 0.717) is 16.7 Å². The molecule has 2 aromatic heterocycles. The van der Waals surface area contributed by atoms with Gasteiger partial charge in [0.25, 0.3) is 0 Å². The Morgan fingerprint density at radius 1 is 1.39 bits per heavy atom. The fraction of sp³-hybridized carbons (Fsp3) is 0. The van der Waals surface area contributed by atoms with Gasteiger partial charge in [0.15, 0.2) is 5.76 Å². The third-order valence-corrected chi connectivity index (χ3v) is 2.64. The van der Waals surface area contributed by atoms with Crippen molar-refractivity contribution in [1.29, 1.82) is 0 Å². The van der Waals surface area contributed by atoms with E-state index in [1.54, 1.807) is 24.4 Å². The van der Waals surface area contributed by atoms with Gasteiger partial charge in [-0.3, -0.25) is 0 Å². The molecule has 0 fully saturated rings. The van der Waals surface area contributed by atoms with Crippen molar-refractivity contribution >= 4 is 16.9 Å². The first kappa shape index (κ1) is 10.4. The Morgan fingerprint density at radius 3 is 2.94 bits per heavy atom. The van der Waals surface area contributed by atoms with Gasteiger partial charge < -0.3 is 19.6 Å². The second-order valence-corrected chi connectivity index (χ2v) is 3.74. The summed E-state index contributed by atoms with van der Waals surface area (Å²) in [6.07, 6.45) is 2.95. The van der Waals surface area contributed by atoms with Crippen LogP contribution in [0.3, 0.4) is 0 Å². The summed E-state index contributed by atoms with van der Waals surface area (Å²) in [6, 6.07) is 5.06. The van der Waals surface area contributed by atoms with Crippen LogP contribution in [0.4, 0.5) is 0 Å². The minimum absolute atomic E-state index is 0.0945. The van der Waals surface area contributed by atoms with E-state index in [1.165, 1.54) is 6.20 Å². The molecule has 90 valence electrons. The average molecular weight is 244 g/mol. The number of phenols is 1. The third kappa shape index (κ3) is 1.43. The van der Waals surface area contributed by atoms with Crippen molar-refractivity contribution in [1.82, 2.24) is 9.97 Å². The number of hydrogen-bond donors (Lipinski definition) is 3. The summed E-state index contributed by atoms with van der Waals surface area (Å²) in [5, 5.41) is 19.1. The van der Waals surface area contributed by atoms with E-state index in [9.17, 15) is 9.90 Å². The summed E-state index contributed by atoms with van der Waals surface area (Å²) in [4.78, 5) is 17.3. The largest absolute Gasteiger partial charge is 0.507 e. The number of carboxylic acids is 1. The van der Waals surface area contributed by atoms with E-state index in [2.05, 4.69) is 9.97 Å². The standard InChI is InChI=1S/C12H8N2O4/c15-8-3-1-2-7-10(8)6(4-13-7)9-5-14-11(18-9)12(16)17/h1-5,13,15H,(H,16,17). The Bertz CT molecular complexity index is 741. The Kier molecular flexibility index (Phi) is 2.09. The van der Waals surface area contributed by atoms with Gasteiger partial charge in [0.05, 0.1) is 11.6 Å². The maximum absolute atomic E-state index is 10.7. The van der Waals surface area contributed by atoms with Crippen molar-refractivity contribution in [2.75, 3.05) is 0 Å². The highest BCUT2D eigenvalue weighted by Gasteiger charge is 2.16. The van der Waals surface area contributed by atoms with Gasteiger partial charge in [-0.25, -0.2) is 9.78 Å². The van der Waals surface area contributed by atoms with Gasteiger partial charge in [0, 0.05) is 17.3 Å². The molecule has 0 saturated heterocycles. The highest BCUT2D eigenvalue weighted by molar-refractivity contribution is 5.98. The van der Waals surface area contributed by atoms with E-state index in [0.717, 1.165) is 5.52 Å².